The number of rotatable bonds is 3. The molecule has 18 heavy (non-hydrogen) atoms. The molecule has 1 fully saturated rings. The molecule has 0 aromatic heterocycles. The van der Waals surface area contributed by atoms with Gasteiger partial charge < -0.3 is 5.32 Å². The zero-order chi connectivity index (χ0) is 13.2. The van der Waals surface area contributed by atoms with Crippen molar-refractivity contribution in [1.82, 2.24) is 5.32 Å². The van der Waals surface area contributed by atoms with Gasteiger partial charge in [-0.25, -0.2) is 4.39 Å². The van der Waals surface area contributed by atoms with Crippen LogP contribution in [-0.2, 0) is 11.3 Å². The minimum Gasteiger partial charge on any atom is -0.351 e. The lowest BCUT2D eigenvalue weighted by molar-refractivity contribution is -0.130. The average molecular weight is 314 g/mol. The quantitative estimate of drug-likeness (QED) is 0.904. The number of hydrogen-bond acceptors (Lipinski definition) is 1. The molecule has 98 valence electrons. The summed E-state index contributed by atoms with van der Waals surface area (Å²) in [6, 6.07) is 4.76. The Labute approximate surface area is 115 Å². The molecule has 1 amide bonds. The Morgan fingerprint density at radius 1 is 1.44 bits per heavy atom. The molecule has 0 atom stereocenters. The molecule has 1 N–H and O–H groups in total. The van der Waals surface area contributed by atoms with E-state index in [1.54, 1.807) is 12.1 Å². The molecule has 0 bridgehead atoms. The van der Waals surface area contributed by atoms with Crippen LogP contribution < -0.4 is 5.32 Å². The van der Waals surface area contributed by atoms with Gasteiger partial charge in [0.05, 0.1) is 0 Å². The number of nitrogens with one attached hydrogen (secondary N) is 1. The van der Waals surface area contributed by atoms with E-state index in [1.165, 1.54) is 6.07 Å². The summed E-state index contributed by atoms with van der Waals surface area (Å²) >= 11 is 3.30. The third-order valence-corrected chi connectivity index (χ3v) is 4.20. The van der Waals surface area contributed by atoms with Gasteiger partial charge >= 0.3 is 0 Å². The number of carbonyl (C=O) groups is 1. The summed E-state index contributed by atoms with van der Waals surface area (Å²) in [7, 11) is 0. The Morgan fingerprint density at radius 3 is 2.78 bits per heavy atom. The molecule has 1 aromatic carbocycles. The fraction of sp³-hybridized carbons (Fsp3) is 0.500. The molecule has 0 saturated heterocycles. The summed E-state index contributed by atoms with van der Waals surface area (Å²) in [5.41, 5.74) is 0.252. The van der Waals surface area contributed by atoms with Crippen molar-refractivity contribution in [3.63, 3.8) is 0 Å². The SMILES string of the molecule is CC1(C(=O)NCc2cc(Br)ccc2F)CCCC1. The Morgan fingerprint density at radius 2 is 2.11 bits per heavy atom. The third-order valence-electron chi connectivity index (χ3n) is 3.70. The molecule has 1 saturated carbocycles. The highest BCUT2D eigenvalue weighted by molar-refractivity contribution is 9.10. The van der Waals surface area contributed by atoms with Gasteiger partial charge in [0.15, 0.2) is 0 Å². The van der Waals surface area contributed by atoms with Crippen molar-refractivity contribution in [3.8, 4) is 0 Å². The number of hydrogen-bond donors (Lipinski definition) is 1. The van der Waals surface area contributed by atoms with Gasteiger partial charge in [0.1, 0.15) is 5.82 Å². The smallest absolute Gasteiger partial charge is 0.226 e. The molecular weight excluding hydrogens is 297 g/mol. The molecule has 0 radical (unpaired) electrons. The van der Waals surface area contributed by atoms with Gasteiger partial charge in [-0.15, -0.1) is 0 Å². The van der Waals surface area contributed by atoms with Crippen molar-refractivity contribution < 1.29 is 9.18 Å². The zero-order valence-corrected chi connectivity index (χ0v) is 12.0. The van der Waals surface area contributed by atoms with Crippen molar-refractivity contribution >= 4 is 21.8 Å². The van der Waals surface area contributed by atoms with Gasteiger partial charge in [0, 0.05) is 22.0 Å². The van der Waals surface area contributed by atoms with E-state index in [0.717, 1.165) is 30.2 Å². The average Bonchev–Trinajstić information content (AvgIpc) is 2.78. The fourth-order valence-corrected chi connectivity index (χ4v) is 2.86. The van der Waals surface area contributed by atoms with Crippen LogP contribution in [0.1, 0.15) is 38.2 Å². The van der Waals surface area contributed by atoms with Gasteiger partial charge in [-0.1, -0.05) is 35.7 Å². The van der Waals surface area contributed by atoms with Crippen LogP contribution in [-0.4, -0.2) is 5.91 Å². The highest BCUT2D eigenvalue weighted by Gasteiger charge is 2.35. The minimum atomic E-state index is -0.282. The largest absolute Gasteiger partial charge is 0.351 e. The molecule has 4 heteroatoms. The first-order chi connectivity index (χ1) is 8.51. The van der Waals surface area contributed by atoms with Crippen LogP contribution in [0.15, 0.2) is 22.7 Å². The Bertz CT molecular complexity index is 455. The first kappa shape index (κ1) is 13.5. The number of halogens is 2. The van der Waals surface area contributed by atoms with Crippen LogP contribution in [0.2, 0.25) is 0 Å². The second kappa shape index (κ2) is 5.39. The van der Waals surface area contributed by atoms with E-state index in [-0.39, 0.29) is 23.7 Å². The maximum atomic E-state index is 13.5. The summed E-state index contributed by atoms with van der Waals surface area (Å²) in [6.45, 7) is 2.24. The van der Waals surface area contributed by atoms with E-state index < -0.39 is 0 Å². The lowest BCUT2D eigenvalue weighted by Crippen LogP contribution is -2.36. The van der Waals surface area contributed by atoms with Crippen LogP contribution in [0.25, 0.3) is 0 Å². The second-order valence-electron chi connectivity index (χ2n) is 5.19. The summed E-state index contributed by atoms with van der Waals surface area (Å²) in [4.78, 5) is 12.1. The predicted molar refractivity (Wildman–Crippen MR) is 72.5 cm³/mol. The molecule has 0 aliphatic heterocycles. The van der Waals surface area contributed by atoms with Crippen LogP contribution in [0, 0.1) is 11.2 Å². The molecule has 0 unspecified atom stereocenters. The van der Waals surface area contributed by atoms with Crippen molar-refractivity contribution in [2.75, 3.05) is 0 Å². The van der Waals surface area contributed by atoms with Gasteiger partial charge in [-0.05, 0) is 31.0 Å². The van der Waals surface area contributed by atoms with Gasteiger partial charge in [0.25, 0.3) is 0 Å². The predicted octanol–water partition coefficient (Wildman–Crippen LogP) is 3.78. The number of amides is 1. The Hall–Kier alpha value is -0.900. The lowest BCUT2D eigenvalue weighted by Gasteiger charge is -2.22. The van der Waals surface area contributed by atoms with Crippen molar-refractivity contribution in [1.29, 1.82) is 0 Å². The molecule has 0 spiro atoms. The molecule has 1 aliphatic rings. The van der Waals surface area contributed by atoms with Crippen LogP contribution in [0.5, 0.6) is 0 Å². The molecular formula is C14H17BrFNO. The van der Waals surface area contributed by atoms with Crippen molar-refractivity contribution in [3.05, 3.63) is 34.1 Å². The Balaban J connectivity index is 1.99. The molecule has 1 aromatic rings. The molecule has 1 aliphatic carbocycles. The molecule has 2 nitrogen and oxygen atoms in total. The van der Waals surface area contributed by atoms with Gasteiger partial charge in [-0.2, -0.15) is 0 Å². The number of benzene rings is 1. The second-order valence-corrected chi connectivity index (χ2v) is 6.10. The van der Waals surface area contributed by atoms with E-state index >= 15 is 0 Å². The third kappa shape index (κ3) is 2.91. The van der Waals surface area contributed by atoms with Crippen molar-refractivity contribution in [2.24, 2.45) is 5.41 Å². The maximum Gasteiger partial charge on any atom is 0.226 e. The van der Waals surface area contributed by atoms with E-state index in [0.29, 0.717) is 5.56 Å². The van der Waals surface area contributed by atoms with Crippen LogP contribution in [0.3, 0.4) is 0 Å². The first-order valence-electron chi connectivity index (χ1n) is 6.23. The fourth-order valence-electron chi connectivity index (χ4n) is 2.45. The summed E-state index contributed by atoms with van der Waals surface area (Å²) in [5.74, 6) is -0.241. The summed E-state index contributed by atoms with van der Waals surface area (Å²) < 4.78 is 14.3. The van der Waals surface area contributed by atoms with Crippen molar-refractivity contribution in [2.45, 2.75) is 39.2 Å². The maximum absolute atomic E-state index is 13.5. The highest BCUT2D eigenvalue weighted by atomic mass is 79.9. The summed E-state index contributed by atoms with van der Waals surface area (Å²) in [6.07, 6.45) is 4.07. The number of carbonyl (C=O) groups excluding carboxylic acids is 1. The molecule has 2 rings (SSSR count). The van der Waals surface area contributed by atoms with Gasteiger partial charge in [-0.3, -0.25) is 4.79 Å². The summed E-state index contributed by atoms with van der Waals surface area (Å²) in [5, 5.41) is 2.85. The minimum absolute atomic E-state index is 0.0411. The first-order valence-corrected chi connectivity index (χ1v) is 7.03. The lowest BCUT2D eigenvalue weighted by atomic mass is 9.88. The van der Waals surface area contributed by atoms with E-state index in [1.807, 2.05) is 6.92 Å². The molecule has 0 heterocycles. The van der Waals surface area contributed by atoms with E-state index in [4.69, 9.17) is 0 Å². The van der Waals surface area contributed by atoms with Gasteiger partial charge in [0.2, 0.25) is 5.91 Å². The van der Waals surface area contributed by atoms with E-state index in [2.05, 4.69) is 21.2 Å². The zero-order valence-electron chi connectivity index (χ0n) is 10.4. The highest BCUT2D eigenvalue weighted by Crippen LogP contribution is 2.37. The Kier molecular flexibility index (Phi) is 4.05. The van der Waals surface area contributed by atoms with Crippen LogP contribution in [0.4, 0.5) is 4.39 Å². The van der Waals surface area contributed by atoms with Crippen LogP contribution >= 0.6 is 15.9 Å². The monoisotopic (exact) mass is 313 g/mol. The topological polar surface area (TPSA) is 29.1 Å². The standard InChI is InChI=1S/C14H17BrFNO/c1-14(6-2-3-7-14)13(18)17-9-10-8-11(15)4-5-12(10)16/h4-5,8H,2-3,6-7,9H2,1H3,(H,17,18). The van der Waals surface area contributed by atoms with E-state index in [9.17, 15) is 9.18 Å². The normalized spacial score (nSPS) is 17.7.